The Morgan fingerprint density at radius 3 is 2.52 bits per heavy atom. The second-order valence-electron chi connectivity index (χ2n) is 7.34. The zero-order valence-electron chi connectivity index (χ0n) is 14.8. The highest BCUT2D eigenvalue weighted by atomic mass is 16.6. The third-order valence-electron chi connectivity index (χ3n) is 3.85. The van der Waals surface area contributed by atoms with Gasteiger partial charge < -0.3 is 15.0 Å². The molecule has 2 rings (SSSR count). The first kappa shape index (κ1) is 17.4. The summed E-state index contributed by atoms with van der Waals surface area (Å²) in [5, 5.41) is 3.03. The maximum Gasteiger partial charge on any atom is 0.408 e. The van der Waals surface area contributed by atoms with E-state index in [4.69, 9.17) is 4.74 Å². The van der Waals surface area contributed by atoms with Crippen molar-refractivity contribution in [2.75, 3.05) is 13.6 Å². The van der Waals surface area contributed by atoms with E-state index in [2.05, 4.69) is 30.3 Å². The summed E-state index contributed by atoms with van der Waals surface area (Å²) in [6.07, 6.45) is 2.86. The average Bonchev–Trinajstić information content (AvgIpc) is 2.44. The Hall–Kier alpha value is -1.97. The van der Waals surface area contributed by atoms with Crippen molar-refractivity contribution in [2.45, 2.75) is 45.8 Å². The number of hydrogen-bond donors (Lipinski definition) is 1. The van der Waals surface area contributed by atoms with Gasteiger partial charge in [-0.3, -0.25) is 0 Å². The Bertz CT molecular complexity index is 560. The maximum atomic E-state index is 12.3. The molecule has 0 saturated carbocycles. The molecule has 1 amide bonds. The van der Waals surface area contributed by atoms with Gasteiger partial charge in [-0.2, -0.15) is 0 Å². The van der Waals surface area contributed by atoms with E-state index in [1.54, 1.807) is 0 Å². The minimum atomic E-state index is -0.507. The molecule has 1 aromatic carbocycles. The van der Waals surface area contributed by atoms with Crippen LogP contribution in [-0.4, -0.2) is 30.2 Å². The van der Waals surface area contributed by atoms with E-state index >= 15 is 0 Å². The molecule has 0 bridgehead atoms. The molecule has 1 aliphatic rings. The molecule has 0 radical (unpaired) electrons. The van der Waals surface area contributed by atoms with Gasteiger partial charge in [0, 0.05) is 19.3 Å². The molecule has 126 valence electrons. The normalized spacial score (nSPS) is 19.8. The summed E-state index contributed by atoms with van der Waals surface area (Å²) < 4.78 is 5.44. The van der Waals surface area contributed by atoms with Crippen LogP contribution in [0.25, 0.3) is 0 Å². The number of nitrogens with one attached hydrogen (secondary N) is 1. The summed E-state index contributed by atoms with van der Waals surface area (Å²) in [6.45, 7) is 8.85. The molecule has 23 heavy (non-hydrogen) atoms. The van der Waals surface area contributed by atoms with Crippen LogP contribution >= 0.6 is 0 Å². The molecule has 2 atom stereocenters. The Kier molecular flexibility index (Phi) is 5.34. The molecule has 1 unspecified atom stereocenters. The van der Waals surface area contributed by atoms with Crippen molar-refractivity contribution in [3.05, 3.63) is 47.7 Å². The minimum Gasteiger partial charge on any atom is -0.444 e. The summed E-state index contributed by atoms with van der Waals surface area (Å²) in [5.41, 5.74) is 1.68. The van der Waals surface area contributed by atoms with Gasteiger partial charge in [0.25, 0.3) is 0 Å². The number of likely N-dealkylation sites (N-methyl/N-ethyl adjacent to an activating group) is 1. The van der Waals surface area contributed by atoms with E-state index in [9.17, 15) is 4.79 Å². The topological polar surface area (TPSA) is 41.6 Å². The largest absolute Gasteiger partial charge is 0.444 e. The lowest BCUT2D eigenvalue weighted by molar-refractivity contribution is 0.0504. The van der Waals surface area contributed by atoms with Gasteiger partial charge in [0.15, 0.2) is 0 Å². The summed E-state index contributed by atoms with van der Waals surface area (Å²) in [7, 11) is 2.08. The van der Waals surface area contributed by atoms with E-state index in [0.717, 1.165) is 24.2 Å². The van der Waals surface area contributed by atoms with Crippen LogP contribution in [-0.2, 0) is 4.74 Å². The molecule has 0 aliphatic carbocycles. The highest BCUT2D eigenvalue weighted by molar-refractivity contribution is 5.69. The predicted molar refractivity (Wildman–Crippen MR) is 93.0 cm³/mol. The van der Waals surface area contributed by atoms with Gasteiger partial charge >= 0.3 is 6.09 Å². The molecule has 0 spiro atoms. The second kappa shape index (κ2) is 7.07. The van der Waals surface area contributed by atoms with Crippen LogP contribution in [0.3, 0.4) is 0 Å². The number of benzene rings is 1. The van der Waals surface area contributed by atoms with Gasteiger partial charge in [0.1, 0.15) is 5.60 Å². The third kappa shape index (κ3) is 5.02. The van der Waals surface area contributed by atoms with Crippen molar-refractivity contribution in [2.24, 2.45) is 5.92 Å². The number of allylic oxidation sites excluding steroid dienone is 1. The summed E-state index contributed by atoms with van der Waals surface area (Å²) in [6, 6.07) is 9.85. The fraction of sp³-hybridized carbons (Fsp3) is 0.526. The van der Waals surface area contributed by atoms with Gasteiger partial charge in [-0.15, -0.1) is 0 Å². The molecule has 1 heterocycles. The van der Waals surface area contributed by atoms with E-state index in [0.29, 0.717) is 5.92 Å². The third-order valence-corrected chi connectivity index (χ3v) is 3.85. The van der Waals surface area contributed by atoms with Gasteiger partial charge in [-0.1, -0.05) is 43.3 Å². The number of carbonyl (C=O) groups excluding carboxylic acids is 1. The van der Waals surface area contributed by atoms with Gasteiger partial charge in [0.2, 0.25) is 0 Å². The molecule has 0 saturated heterocycles. The van der Waals surface area contributed by atoms with Crippen LogP contribution in [0.15, 0.2) is 42.1 Å². The number of ether oxygens (including phenoxy) is 1. The molecular weight excluding hydrogens is 288 g/mol. The maximum absolute atomic E-state index is 12.3. The van der Waals surface area contributed by atoms with Crippen LogP contribution < -0.4 is 5.32 Å². The van der Waals surface area contributed by atoms with Crippen LogP contribution in [0, 0.1) is 5.92 Å². The molecule has 4 nitrogen and oxygen atoms in total. The second-order valence-corrected chi connectivity index (χ2v) is 7.34. The molecule has 0 fully saturated rings. The lowest BCUT2D eigenvalue weighted by atomic mass is 9.95. The molecule has 0 aromatic heterocycles. The highest BCUT2D eigenvalue weighted by Gasteiger charge is 2.27. The lowest BCUT2D eigenvalue weighted by Crippen LogP contribution is -2.40. The number of nitrogens with zero attached hydrogens (tertiary/aromatic N) is 1. The number of alkyl carbamates (subject to hydrolysis) is 1. The van der Waals surface area contributed by atoms with Gasteiger partial charge in [-0.05, 0) is 38.7 Å². The van der Waals surface area contributed by atoms with Crippen LogP contribution in [0.2, 0.25) is 0 Å². The fourth-order valence-electron chi connectivity index (χ4n) is 2.86. The quantitative estimate of drug-likeness (QED) is 0.912. The Morgan fingerprint density at radius 2 is 1.96 bits per heavy atom. The Balaban J connectivity index is 2.25. The number of hydrogen-bond acceptors (Lipinski definition) is 3. The monoisotopic (exact) mass is 316 g/mol. The zero-order valence-corrected chi connectivity index (χ0v) is 14.8. The molecule has 1 aromatic rings. The predicted octanol–water partition coefficient (Wildman–Crippen LogP) is 4.11. The Labute approximate surface area is 139 Å². The van der Waals surface area contributed by atoms with Crippen molar-refractivity contribution < 1.29 is 9.53 Å². The first-order valence-corrected chi connectivity index (χ1v) is 8.22. The van der Waals surface area contributed by atoms with Crippen molar-refractivity contribution in [1.82, 2.24) is 10.2 Å². The Morgan fingerprint density at radius 1 is 1.30 bits per heavy atom. The van der Waals surface area contributed by atoms with E-state index < -0.39 is 5.60 Å². The number of carbonyl (C=O) groups is 1. The number of rotatable bonds is 3. The van der Waals surface area contributed by atoms with Crippen LogP contribution in [0.4, 0.5) is 4.79 Å². The minimum absolute atomic E-state index is 0.191. The van der Waals surface area contributed by atoms with Gasteiger partial charge in [0.05, 0.1) is 6.04 Å². The van der Waals surface area contributed by atoms with E-state index in [-0.39, 0.29) is 12.1 Å². The SMILES string of the molecule is CC1CC=C([C@H](NC(=O)OC(C)(C)C)c2ccccc2)N(C)C1. The smallest absolute Gasteiger partial charge is 0.408 e. The lowest BCUT2D eigenvalue weighted by Gasteiger charge is -2.35. The highest BCUT2D eigenvalue weighted by Crippen LogP contribution is 2.29. The van der Waals surface area contributed by atoms with E-state index in [1.165, 1.54) is 0 Å². The summed E-state index contributed by atoms with van der Waals surface area (Å²) >= 11 is 0. The molecule has 4 heteroatoms. The summed E-state index contributed by atoms with van der Waals surface area (Å²) in [5.74, 6) is 0.627. The van der Waals surface area contributed by atoms with Gasteiger partial charge in [-0.25, -0.2) is 4.79 Å². The summed E-state index contributed by atoms with van der Waals surface area (Å²) in [4.78, 5) is 14.5. The van der Waals surface area contributed by atoms with Crippen molar-refractivity contribution >= 4 is 6.09 Å². The average molecular weight is 316 g/mol. The number of amides is 1. The fourth-order valence-corrected chi connectivity index (χ4v) is 2.86. The molecule has 1 aliphatic heterocycles. The van der Waals surface area contributed by atoms with Crippen molar-refractivity contribution in [1.29, 1.82) is 0 Å². The van der Waals surface area contributed by atoms with Crippen LogP contribution in [0.5, 0.6) is 0 Å². The van der Waals surface area contributed by atoms with Crippen molar-refractivity contribution in [3.63, 3.8) is 0 Å². The standard InChI is InChI=1S/C19H28N2O2/c1-14-11-12-16(21(5)13-14)17(15-9-7-6-8-10-15)20-18(22)23-19(2,3)4/h6-10,12,14,17H,11,13H2,1-5H3,(H,20,22)/t14?,17-/m1/s1. The molecule has 1 N–H and O–H groups in total. The van der Waals surface area contributed by atoms with Crippen molar-refractivity contribution in [3.8, 4) is 0 Å². The van der Waals surface area contributed by atoms with E-state index in [1.807, 2.05) is 51.1 Å². The zero-order chi connectivity index (χ0) is 17.0. The van der Waals surface area contributed by atoms with Crippen LogP contribution in [0.1, 0.15) is 45.7 Å². The first-order chi connectivity index (χ1) is 10.8. The molecular formula is C19H28N2O2. The first-order valence-electron chi connectivity index (χ1n) is 8.22.